The number of carbonyl (C=O) groups is 1. The van der Waals surface area contributed by atoms with Gasteiger partial charge in [0.2, 0.25) is 5.91 Å². The molecule has 2 rings (SSSR count). The van der Waals surface area contributed by atoms with Gasteiger partial charge in [0.25, 0.3) is 0 Å². The van der Waals surface area contributed by atoms with Crippen molar-refractivity contribution in [2.45, 2.75) is 24.6 Å². The lowest BCUT2D eigenvalue weighted by Crippen LogP contribution is -2.43. The van der Waals surface area contributed by atoms with E-state index in [1.54, 1.807) is 0 Å². The molecule has 0 radical (unpaired) electrons. The van der Waals surface area contributed by atoms with Crippen LogP contribution >= 0.6 is 27.5 Å². The van der Waals surface area contributed by atoms with Crippen molar-refractivity contribution in [3.63, 3.8) is 0 Å². The minimum absolute atomic E-state index is 0.175. The molecule has 1 amide bonds. The highest BCUT2D eigenvalue weighted by Gasteiger charge is 2.26. The van der Waals surface area contributed by atoms with Crippen molar-refractivity contribution in [2.75, 3.05) is 13.1 Å². The van der Waals surface area contributed by atoms with Crippen LogP contribution in [0, 0.1) is 5.92 Å². The number of alkyl halides is 1. The summed E-state index contributed by atoms with van der Waals surface area (Å²) in [6, 6.07) is 7.55. The van der Waals surface area contributed by atoms with Crippen molar-refractivity contribution in [2.24, 2.45) is 5.92 Å². The fourth-order valence-corrected chi connectivity index (χ4v) is 2.83. The number of likely N-dealkylation sites (tertiary alicyclic amines) is 1. The predicted molar refractivity (Wildman–Crippen MR) is 78.2 cm³/mol. The number of halogens is 2. The molecule has 1 aromatic rings. The smallest absolute Gasteiger partial charge is 0.227 e. The second-order valence-corrected chi connectivity index (χ2v) is 6.47. The van der Waals surface area contributed by atoms with Gasteiger partial charge < -0.3 is 4.90 Å². The first kappa shape index (κ1) is 13.9. The zero-order chi connectivity index (χ0) is 13.1. The number of amides is 1. The van der Waals surface area contributed by atoms with E-state index in [0.717, 1.165) is 25.1 Å². The maximum Gasteiger partial charge on any atom is 0.227 e. The van der Waals surface area contributed by atoms with E-state index < -0.39 is 0 Å². The molecule has 4 heteroatoms. The number of piperidine rings is 1. The van der Waals surface area contributed by atoms with E-state index >= 15 is 0 Å². The zero-order valence-corrected chi connectivity index (χ0v) is 12.7. The van der Waals surface area contributed by atoms with Crippen molar-refractivity contribution in [1.29, 1.82) is 0 Å². The van der Waals surface area contributed by atoms with Crippen LogP contribution in [0.5, 0.6) is 0 Å². The average molecular weight is 331 g/mol. The molecule has 2 atom stereocenters. The number of nitrogens with zero attached hydrogens (tertiary/aromatic N) is 1. The quantitative estimate of drug-likeness (QED) is 0.760. The number of hydrogen-bond acceptors (Lipinski definition) is 1. The molecule has 0 N–H and O–H groups in total. The van der Waals surface area contributed by atoms with Gasteiger partial charge in [0.1, 0.15) is 0 Å². The highest BCUT2D eigenvalue weighted by Crippen LogP contribution is 2.24. The Bertz CT molecular complexity index is 438. The molecule has 1 aromatic carbocycles. The minimum atomic E-state index is 0.175. The molecule has 0 aromatic heterocycles. The zero-order valence-electron chi connectivity index (χ0n) is 10.4. The third-order valence-electron chi connectivity index (χ3n) is 3.45. The van der Waals surface area contributed by atoms with Crippen LogP contribution in [-0.4, -0.2) is 28.7 Å². The molecule has 0 spiro atoms. The van der Waals surface area contributed by atoms with E-state index in [9.17, 15) is 4.79 Å². The topological polar surface area (TPSA) is 20.3 Å². The van der Waals surface area contributed by atoms with Gasteiger partial charge in [-0.25, -0.2) is 0 Å². The van der Waals surface area contributed by atoms with Gasteiger partial charge in [0, 0.05) is 22.9 Å². The second-order valence-electron chi connectivity index (χ2n) is 4.89. The Kier molecular flexibility index (Phi) is 4.68. The fourth-order valence-electron chi connectivity index (χ4n) is 2.26. The Hall–Kier alpha value is -0.540. The van der Waals surface area contributed by atoms with Crippen LogP contribution in [0.3, 0.4) is 0 Å². The monoisotopic (exact) mass is 329 g/mol. The summed E-state index contributed by atoms with van der Waals surface area (Å²) in [6.07, 6.45) is 1.43. The third kappa shape index (κ3) is 3.27. The number of rotatable bonds is 2. The molecule has 2 nitrogen and oxygen atoms in total. The fraction of sp³-hybridized carbons (Fsp3) is 0.500. The molecule has 0 aliphatic carbocycles. The maximum atomic E-state index is 12.2. The Labute approximate surface area is 121 Å². The van der Waals surface area contributed by atoms with Crippen LogP contribution in [0.1, 0.15) is 18.9 Å². The lowest BCUT2D eigenvalue weighted by molar-refractivity contribution is -0.132. The van der Waals surface area contributed by atoms with Gasteiger partial charge >= 0.3 is 0 Å². The van der Waals surface area contributed by atoms with Gasteiger partial charge in [-0.3, -0.25) is 4.79 Å². The van der Waals surface area contributed by atoms with E-state index in [2.05, 4.69) is 22.9 Å². The molecular formula is C14H17BrClNO. The Morgan fingerprint density at radius 3 is 2.89 bits per heavy atom. The summed E-state index contributed by atoms with van der Waals surface area (Å²) in [6.45, 7) is 3.84. The van der Waals surface area contributed by atoms with Crippen LogP contribution in [0.15, 0.2) is 24.3 Å². The van der Waals surface area contributed by atoms with Crippen molar-refractivity contribution in [3.05, 3.63) is 34.9 Å². The lowest BCUT2D eigenvalue weighted by Gasteiger charge is -2.34. The summed E-state index contributed by atoms with van der Waals surface area (Å²) < 4.78 is 0. The first-order chi connectivity index (χ1) is 8.58. The van der Waals surface area contributed by atoms with E-state index in [4.69, 9.17) is 11.6 Å². The van der Waals surface area contributed by atoms with Crippen LogP contribution in [-0.2, 0) is 11.2 Å². The molecule has 18 heavy (non-hydrogen) atoms. The summed E-state index contributed by atoms with van der Waals surface area (Å²) in [5.74, 6) is 0.684. The van der Waals surface area contributed by atoms with Gasteiger partial charge in [-0.2, -0.15) is 0 Å². The average Bonchev–Trinajstić information content (AvgIpc) is 2.35. The van der Waals surface area contributed by atoms with Gasteiger partial charge in [0.05, 0.1) is 6.42 Å². The van der Waals surface area contributed by atoms with E-state index in [1.165, 1.54) is 0 Å². The minimum Gasteiger partial charge on any atom is -0.342 e. The Morgan fingerprint density at radius 1 is 1.50 bits per heavy atom. The van der Waals surface area contributed by atoms with Crippen molar-refractivity contribution >= 4 is 33.4 Å². The van der Waals surface area contributed by atoms with Crippen LogP contribution in [0.25, 0.3) is 0 Å². The van der Waals surface area contributed by atoms with Crippen LogP contribution < -0.4 is 0 Å². The van der Waals surface area contributed by atoms with Crippen molar-refractivity contribution in [1.82, 2.24) is 4.90 Å². The summed E-state index contributed by atoms with van der Waals surface area (Å²) in [7, 11) is 0. The summed E-state index contributed by atoms with van der Waals surface area (Å²) in [5.41, 5.74) is 0.915. The summed E-state index contributed by atoms with van der Waals surface area (Å²) in [4.78, 5) is 14.7. The third-order valence-corrected chi connectivity index (χ3v) is 5.18. The van der Waals surface area contributed by atoms with Gasteiger partial charge in [0.15, 0.2) is 0 Å². The lowest BCUT2D eigenvalue weighted by atomic mass is 9.99. The molecular weight excluding hydrogens is 314 g/mol. The Morgan fingerprint density at radius 2 is 2.22 bits per heavy atom. The van der Waals surface area contributed by atoms with Gasteiger partial charge in [-0.15, -0.1) is 0 Å². The molecule has 1 aliphatic rings. The van der Waals surface area contributed by atoms with Crippen LogP contribution in [0.4, 0.5) is 0 Å². The first-order valence-electron chi connectivity index (χ1n) is 6.23. The molecule has 98 valence electrons. The van der Waals surface area contributed by atoms with E-state index in [-0.39, 0.29) is 5.91 Å². The second kappa shape index (κ2) is 6.07. The predicted octanol–water partition coefficient (Wildman–Crippen LogP) is 3.51. The van der Waals surface area contributed by atoms with Gasteiger partial charge in [-0.1, -0.05) is 52.7 Å². The Balaban J connectivity index is 1.99. The molecule has 2 unspecified atom stereocenters. The summed E-state index contributed by atoms with van der Waals surface area (Å²) in [5, 5.41) is 0.675. The molecule has 1 aliphatic heterocycles. The van der Waals surface area contributed by atoms with Gasteiger partial charge in [-0.05, 0) is 24.0 Å². The number of carbonyl (C=O) groups excluding carboxylic acids is 1. The first-order valence-corrected chi connectivity index (χ1v) is 7.52. The number of hydrogen-bond donors (Lipinski definition) is 0. The SMILES string of the molecule is CC1CN(C(=O)Cc2ccccc2Cl)CCC1Br. The molecule has 1 heterocycles. The van der Waals surface area contributed by atoms with E-state index in [0.29, 0.717) is 22.2 Å². The number of benzene rings is 1. The largest absolute Gasteiger partial charge is 0.342 e. The highest BCUT2D eigenvalue weighted by molar-refractivity contribution is 9.09. The molecule has 0 saturated carbocycles. The molecule has 1 fully saturated rings. The summed E-state index contributed by atoms with van der Waals surface area (Å²) >= 11 is 9.73. The standard InChI is InChI=1S/C14H17BrClNO/c1-10-9-17(7-6-12(10)15)14(18)8-11-4-2-3-5-13(11)16/h2-5,10,12H,6-9H2,1H3. The van der Waals surface area contributed by atoms with Crippen LogP contribution in [0.2, 0.25) is 5.02 Å². The molecule has 0 bridgehead atoms. The highest BCUT2D eigenvalue weighted by atomic mass is 79.9. The molecule has 1 saturated heterocycles. The van der Waals surface area contributed by atoms with Crippen molar-refractivity contribution < 1.29 is 4.79 Å². The normalized spacial score (nSPS) is 24.1. The maximum absolute atomic E-state index is 12.2. The van der Waals surface area contributed by atoms with E-state index in [1.807, 2.05) is 29.2 Å². The van der Waals surface area contributed by atoms with Crippen molar-refractivity contribution in [3.8, 4) is 0 Å².